The summed E-state index contributed by atoms with van der Waals surface area (Å²) in [6.07, 6.45) is 1.28. The minimum atomic E-state index is -3.88. The zero-order valence-electron chi connectivity index (χ0n) is 10.4. The van der Waals surface area contributed by atoms with Gasteiger partial charge in [-0.15, -0.1) is 0 Å². The van der Waals surface area contributed by atoms with Gasteiger partial charge in [0.1, 0.15) is 10.7 Å². The van der Waals surface area contributed by atoms with Crippen molar-refractivity contribution in [2.24, 2.45) is 7.05 Å². The molecule has 0 atom stereocenters. The van der Waals surface area contributed by atoms with Crippen molar-refractivity contribution in [2.45, 2.75) is 11.8 Å². The van der Waals surface area contributed by atoms with E-state index in [1.54, 1.807) is 14.0 Å². The highest BCUT2D eigenvalue weighted by atomic mass is 32.2. The molecule has 0 aliphatic rings. The smallest absolute Gasteiger partial charge is 0.267 e. The highest BCUT2D eigenvalue weighted by Gasteiger charge is 2.20. The molecule has 0 saturated carbocycles. The molecule has 0 fully saturated rings. The standard InChI is InChI=1S/C11H13FN4O2S/c1-7-3-4-8(5-9(7)12)15-19(17,18)10-6-16(2)14-11(10)13/h3-6,15H,1-2H3,(H2,13,14). The van der Waals surface area contributed by atoms with Gasteiger partial charge in [-0.3, -0.25) is 9.40 Å². The number of aryl methyl sites for hydroxylation is 2. The second-order valence-electron chi connectivity index (χ2n) is 4.12. The van der Waals surface area contributed by atoms with Crippen LogP contribution in [0.5, 0.6) is 0 Å². The number of aromatic nitrogens is 2. The van der Waals surface area contributed by atoms with Gasteiger partial charge in [0.05, 0.1) is 5.69 Å². The molecule has 0 unspecified atom stereocenters. The van der Waals surface area contributed by atoms with Crippen molar-refractivity contribution in [3.05, 3.63) is 35.8 Å². The lowest BCUT2D eigenvalue weighted by Crippen LogP contribution is -2.14. The molecule has 0 amide bonds. The Bertz CT molecular complexity index is 724. The molecule has 0 aliphatic heterocycles. The van der Waals surface area contributed by atoms with Crippen LogP contribution in [0.4, 0.5) is 15.9 Å². The summed E-state index contributed by atoms with van der Waals surface area (Å²) >= 11 is 0. The van der Waals surface area contributed by atoms with Gasteiger partial charge in [-0.1, -0.05) is 6.07 Å². The number of hydrogen-bond donors (Lipinski definition) is 2. The maximum atomic E-state index is 13.4. The molecule has 1 aromatic carbocycles. The number of sulfonamides is 1. The van der Waals surface area contributed by atoms with E-state index >= 15 is 0 Å². The molecule has 0 bridgehead atoms. The van der Waals surface area contributed by atoms with E-state index in [0.29, 0.717) is 5.56 Å². The van der Waals surface area contributed by atoms with Crippen LogP contribution in [0.3, 0.4) is 0 Å². The highest BCUT2D eigenvalue weighted by molar-refractivity contribution is 7.92. The van der Waals surface area contributed by atoms with E-state index in [9.17, 15) is 12.8 Å². The molecule has 1 heterocycles. The molecule has 2 aromatic rings. The van der Waals surface area contributed by atoms with Crippen LogP contribution in [0.25, 0.3) is 0 Å². The van der Waals surface area contributed by atoms with Crippen molar-refractivity contribution in [1.82, 2.24) is 9.78 Å². The van der Waals surface area contributed by atoms with Gasteiger partial charge in [-0.25, -0.2) is 12.8 Å². The molecule has 1 aromatic heterocycles. The number of anilines is 2. The Balaban J connectivity index is 2.36. The molecule has 19 heavy (non-hydrogen) atoms. The normalized spacial score (nSPS) is 11.5. The van der Waals surface area contributed by atoms with Gasteiger partial charge in [0.25, 0.3) is 10.0 Å². The van der Waals surface area contributed by atoms with Crippen LogP contribution in [-0.2, 0) is 17.1 Å². The number of benzene rings is 1. The summed E-state index contributed by atoms with van der Waals surface area (Å²) in [5.41, 5.74) is 6.07. The number of nitrogens with zero attached hydrogens (tertiary/aromatic N) is 2. The van der Waals surface area contributed by atoms with E-state index < -0.39 is 15.8 Å². The monoisotopic (exact) mass is 284 g/mol. The SMILES string of the molecule is Cc1ccc(NS(=O)(=O)c2cn(C)nc2N)cc1F. The van der Waals surface area contributed by atoms with E-state index in [4.69, 9.17) is 5.73 Å². The third-order valence-corrected chi connectivity index (χ3v) is 3.93. The maximum Gasteiger partial charge on any atom is 0.267 e. The van der Waals surface area contributed by atoms with Crippen molar-refractivity contribution in [2.75, 3.05) is 10.5 Å². The van der Waals surface area contributed by atoms with Gasteiger partial charge in [0, 0.05) is 13.2 Å². The Kier molecular flexibility index (Phi) is 3.19. The van der Waals surface area contributed by atoms with Crippen LogP contribution in [0.2, 0.25) is 0 Å². The maximum absolute atomic E-state index is 13.4. The third kappa shape index (κ3) is 2.68. The van der Waals surface area contributed by atoms with E-state index in [1.807, 2.05) is 0 Å². The summed E-state index contributed by atoms with van der Waals surface area (Å²) in [5.74, 6) is -0.595. The van der Waals surface area contributed by atoms with Gasteiger partial charge in [0.2, 0.25) is 0 Å². The molecule has 0 spiro atoms. The van der Waals surface area contributed by atoms with Gasteiger partial charge in [0.15, 0.2) is 5.82 Å². The van der Waals surface area contributed by atoms with E-state index in [0.717, 1.165) is 6.07 Å². The molecule has 3 N–H and O–H groups in total. The zero-order chi connectivity index (χ0) is 14.2. The number of nitrogen functional groups attached to an aromatic ring is 1. The number of rotatable bonds is 3. The fourth-order valence-electron chi connectivity index (χ4n) is 1.56. The average molecular weight is 284 g/mol. The number of nitrogens with one attached hydrogen (secondary N) is 1. The predicted molar refractivity (Wildman–Crippen MR) is 69.6 cm³/mol. The Hall–Kier alpha value is -2.09. The molecular formula is C11H13FN4O2S. The Morgan fingerprint density at radius 3 is 2.63 bits per heavy atom. The lowest BCUT2D eigenvalue weighted by molar-refractivity contribution is 0.601. The van der Waals surface area contributed by atoms with Gasteiger partial charge in [-0.05, 0) is 24.6 Å². The molecule has 102 valence electrons. The zero-order valence-corrected chi connectivity index (χ0v) is 11.2. The summed E-state index contributed by atoms with van der Waals surface area (Å²) in [5, 5.41) is 3.75. The third-order valence-electron chi connectivity index (χ3n) is 2.54. The molecule has 6 nitrogen and oxygen atoms in total. The van der Waals surface area contributed by atoms with Crippen LogP contribution in [-0.4, -0.2) is 18.2 Å². The number of hydrogen-bond acceptors (Lipinski definition) is 4. The fourth-order valence-corrected chi connectivity index (χ4v) is 2.71. The Morgan fingerprint density at radius 1 is 1.42 bits per heavy atom. The molecule has 0 aliphatic carbocycles. The fraction of sp³-hybridized carbons (Fsp3) is 0.182. The molecule has 8 heteroatoms. The van der Waals surface area contributed by atoms with E-state index in [1.165, 1.54) is 23.0 Å². The second kappa shape index (κ2) is 4.54. The molecule has 0 saturated heterocycles. The first-order valence-corrected chi connectivity index (χ1v) is 6.86. The van der Waals surface area contributed by atoms with Crippen LogP contribution >= 0.6 is 0 Å². The number of nitrogens with two attached hydrogens (primary N) is 1. The lowest BCUT2D eigenvalue weighted by atomic mass is 10.2. The van der Waals surface area contributed by atoms with Crippen molar-refractivity contribution in [3.8, 4) is 0 Å². The minimum absolute atomic E-state index is 0.109. The van der Waals surface area contributed by atoms with Gasteiger partial charge in [-0.2, -0.15) is 5.10 Å². The first-order chi connectivity index (χ1) is 8.79. The van der Waals surface area contributed by atoms with Crippen molar-refractivity contribution in [1.29, 1.82) is 0 Å². The first kappa shape index (κ1) is 13.3. The molecular weight excluding hydrogens is 271 g/mol. The van der Waals surface area contributed by atoms with E-state index in [-0.39, 0.29) is 16.4 Å². The lowest BCUT2D eigenvalue weighted by Gasteiger charge is -2.07. The van der Waals surface area contributed by atoms with Crippen LogP contribution in [0.15, 0.2) is 29.3 Å². The number of halogens is 1. The summed E-state index contributed by atoms with van der Waals surface area (Å²) in [6, 6.07) is 4.07. The predicted octanol–water partition coefficient (Wildman–Crippen LogP) is 1.25. The first-order valence-electron chi connectivity index (χ1n) is 5.37. The van der Waals surface area contributed by atoms with Crippen molar-refractivity contribution < 1.29 is 12.8 Å². The minimum Gasteiger partial charge on any atom is -0.381 e. The molecule has 0 radical (unpaired) electrons. The average Bonchev–Trinajstić information content (AvgIpc) is 2.63. The Labute approximate surface area is 110 Å². The summed E-state index contributed by atoms with van der Waals surface area (Å²) < 4.78 is 41.0. The van der Waals surface area contributed by atoms with E-state index in [2.05, 4.69) is 9.82 Å². The van der Waals surface area contributed by atoms with Crippen LogP contribution < -0.4 is 10.5 Å². The van der Waals surface area contributed by atoms with Crippen LogP contribution in [0.1, 0.15) is 5.56 Å². The van der Waals surface area contributed by atoms with Crippen LogP contribution in [0, 0.1) is 12.7 Å². The summed E-state index contributed by atoms with van der Waals surface area (Å²) in [7, 11) is -2.32. The Morgan fingerprint density at radius 2 is 2.11 bits per heavy atom. The van der Waals surface area contributed by atoms with Gasteiger partial charge >= 0.3 is 0 Å². The topological polar surface area (TPSA) is 90.0 Å². The quantitative estimate of drug-likeness (QED) is 0.887. The largest absolute Gasteiger partial charge is 0.381 e. The van der Waals surface area contributed by atoms with Crippen molar-refractivity contribution >= 4 is 21.5 Å². The van der Waals surface area contributed by atoms with Gasteiger partial charge < -0.3 is 5.73 Å². The second-order valence-corrected chi connectivity index (χ2v) is 5.77. The molecule has 2 rings (SSSR count). The van der Waals surface area contributed by atoms with Crippen molar-refractivity contribution in [3.63, 3.8) is 0 Å². The summed E-state index contributed by atoms with van der Waals surface area (Å²) in [4.78, 5) is -0.143. The highest BCUT2D eigenvalue weighted by Crippen LogP contribution is 2.21. The summed E-state index contributed by atoms with van der Waals surface area (Å²) in [6.45, 7) is 1.59.